The van der Waals surface area contributed by atoms with Gasteiger partial charge in [-0.05, 0) is 44.0 Å². The van der Waals surface area contributed by atoms with E-state index >= 15 is 0 Å². The zero-order valence-electron chi connectivity index (χ0n) is 18.0. The minimum atomic E-state index is -4.51. The maximum Gasteiger partial charge on any atom is 0.422 e. The highest BCUT2D eigenvalue weighted by molar-refractivity contribution is 7.91. The molecular formula is C21H21F3N4O5S. The lowest BCUT2D eigenvalue weighted by molar-refractivity contribution is -0.153. The molecule has 34 heavy (non-hydrogen) atoms. The van der Waals surface area contributed by atoms with Crippen LogP contribution in [0, 0.1) is 0 Å². The van der Waals surface area contributed by atoms with Gasteiger partial charge in [-0.1, -0.05) is 0 Å². The molecule has 0 saturated carbocycles. The summed E-state index contributed by atoms with van der Waals surface area (Å²) in [5, 5.41) is 7.10. The lowest BCUT2D eigenvalue weighted by Gasteiger charge is -2.34. The van der Waals surface area contributed by atoms with Crippen molar-refractivity contribution in [3.63, 3.8) is 0 Å². The minimum Gasteiger partial charge on any atom is -0.478 e. The molecule has 1 saturated heterocycles. The molecule has 13 heteroatoms. The first-order valence-corrected chi connectivity index (χ1v) is 12.1. The van der Waals surface area contributed by atoms with E-state index in [4.69, 9.17) is 9.47 Å². The van der Waals surface area contributed by atoms with E-state index in [2.05, 4.69) is 15.4 Å². The number of nitrogens with zero attached hydrogens (tertiary/aromatic N) is 3. The molecule has 3 aromatic heterocycles. The Morgan fingerprint density at radius 3 is 2.68 bits per heavy atom. The lowest BCUT2D eigenvalue weighted by atomic mass is 9.94. The molecule has 1 amide bonds. The van der Waals surface area contributed by atoms with E-state index in [1.54, 1.807) is 13.0 Å². The van der Waals surface area contributed by atoms with E-state index in [1.165, 1.54) is 41.2 Å². The first-order chi connectivity index (χ1) is 15.9. The number of hydrogen-bond acceptors (Lipinski definition) is 7. The predicted molar refractivity (Wildman–Crippen MR) is 115 cm³/mol. The van der Waals surface area contributed by atoms with Crippen LogP contribution in [0.5, 0.6) is 17.4 Å². The zero-order chi connectivity index (χ0) is 24.6. The first-order valence-electron chi connectivity index (χ1n) is 10.3. The Labute approximate surface area is 192 Å². The van der Waals surface area contributed by atoms with Gasteiger partial charge in [0.15, 0.2) is 18.1 Å². The summed E-state index contributed by atoms with van der Waals surface area (Å²) in [6, 6.07) is 7.31. The van der Waals surface area contributed by atoms with Gasteiger partial charge in [0.25, 0.3) is 11.8 Å². The number of alkyl halides is 3. The van der Waals surface area contributed by atoms with E-state index in [0.717, 1.165) is 0 Å². The molecule has 4 rings (SSSR count). The molecular weight excluding hydrogens is 477 g/mol. The third-order valence-electron chi connectivity index (χ3n) is 5.35. The van der Waals surface area contributed by atoms with Crippen molar-refractivity contribution >= 4 is 21.3 Å². The molecule has 0 bridgehead atoms. The van der Waals surface area contributed by atoms with E-state index in [9.17, 15) is 26.4 Å². The maximum absolute atomic E-state index is 12.7. The number of rotatable bonds is 6. The van der Waals surface area contributed by atoms with Crippen LogP contribution < -0.4 is 14.8 Å². The number of ether oxygens (including phenoxy) is 2. The fourth-order valence-electron chi connectivity index (χ4n) is 3.43. The molecule has 0 aliphatic carbocycles. The van der Waals surface area contributed by atoms with Crippen LogP contribution in [0.3, 0.4) is 0 Å². The number of carbonyl (C=O) groups excluding carboxylic acids is 1. The van der Waals surface area contributed by atoms with Gasteiger partial charge in [0, 0.05) is 24.0 Å². The molecule has 1 fully saturated rings. The molecule has 9 nitrogen and oxygen atoms in total. The van der Waals surface area contributed by atoms with Crippen LogP contribution in [-0.2, 0) is 9.84 Å². The smallest absolute Gasteiger partial charge is 0.422 e. The predicted octanol–water partition coefficient (Wildman–Crippen LogP) is 3.16. The van der Waals surface area contributed by atoms with Gasteiger partial charge in [-0.2, -0.15) is 18.3 Å². The summed E-state index contributed by atoms with van der Waals surface area (Å²) in [4.78, 5) is 16.7. The van der Waals surface area contributed by atoms with Crippen molar-refractivity contribution in [2.24, 2.45) is 0 Å². The summed E-state index contributed by atoms with van der Waals surface area (Å²) >= 11 is 0. The van der Waals surface area contributed by atoms with Crippen molar-refractivity contribution in [3.8, 4) is 17.4 Å². The molecule has 1 aliphatic rings. The summed E-state index contributed by atoms with van der Waals surface area (Å²) in [6.07, 6.45) is -1.00. The van der Waals surface area contributed by atoms with E-state index < -0.39 is 34.1 Å². The molecule has 0 atom stereocenters. The number of aromatic nitrogens is 3. The number of carbonyl (C=O) groups is 1. The highest BCUT2D eigenvalue weighted by Gasteiger charge is 2.35. The molecule has 0 aromatic carbocycles. The van der Waals surface area contributed by atoms with E-state index in [-0.39, 0.29) is 34.6 Å². The average Bonchev–Trinajstić information content (AvgIpc) is 3.19. The van der Waals surface area contributed by atoms with Gasteiger partial charge in [0.2, 0.25) is 0 Å². The Morgan fingerprint density at radius 1 is 1.24 bits per heavy atom. The molecule has 1 N–H and O–H groups in total. The van der Waals surface area contributed by atoms with Crippen LogP contribution in [0.1, 0.15) is 30.3 Å². The SMILES string of the molecule is CC1(NC(=O)c2cc3cc(Oc4ncccc4OCC(F)(F)F)ccn3n2)CCS(=O)(=O)CC1. The highest BCUT2D eigenvalue weighted by Crippen LogP contribution is 2.31. The van der Waals surface area contributed by atoms with Gasteiger partial charge in [-0.25, -0.2) is 17.9 Å². The Balaban J connectivity index is 1.48. The van der Waals surface area contributed by atoms with Gasteiger partial charge in [-0.15, -0.1) is 0 Å². The number of nitrogens with one attached hydrogen (secondary N) is 1. The summed E-state index contributed by atoms with van der Waals surface area (Å²) < 4.78 is 72.6. The molecule has 1 aliphatic heterocycles. The summed E-state index contributed by atoms with van der Waals surface area (Å²) in [7, 11) is -3.07. The molecule has 3 aromatic rings. The van der Waals surface area contributed by atoms with Crippen LogP contribution in [0.25, 0.3) is 5.52 Å². The number of sulfone groups is 1. The van der Waals surface area contributed by atoms with E-state index in [0.29, 0.717) is 18.4 Å². The molecule has 0 unspecified atom stereocenters. The highest BCUT2D eigenvalue weighted by atomic mass is 32.2. The molecule has 0 spiro atoms. The van der Waals surface area contributed by atoms with Crippen LogP contribution >= 0.6 is 0 Å². The Morgan fingerprint density at radius 2 is 1.97 bits per heavy atom. The van der Waals surface area contributed by atoms with Gasteiger partial charge in [0.05, 0.1) is 17.0 Å². The fourth-order valence-corrected chi connectivity index (χ4v) is 5.16. The van der Waals surface area contributed by atoms with Crippen molar-refractivity contribution in [1.29, 1.82) is 0 Å². The topological polar surface area (TPSA) is 112 Å². The number of halogens is 3. The Bertz CT molecular complexity index is 1310. The number of amides is 1. The van der Waals surface area contributed by atoms with Crippen LogP contribution in [0.2, 0.25) is 0 Å². The van der Waals surface area contributed by atoms with Crippen LogP contribution in [0.15, 0.2) is 42.7 Å². The second-order valence-corrected chi connectivity index (χ2v) is 10.5. The quantitative estimate of drug-likeness (QED) is 0.556. The monoisotopic (exact) mass is 498 g/mol. The van der Waals surface area contributed by atoms with Gasteiger partial charge < -0.3 is 14.8 Å². The second-order valence-electron chi connectivity index (χ2n) is 8.24. The van der Waals surface area contributed by atoms with Gasteiger partial charge in [0.1, 0.15) is 15.6 Å². The maximum atomic E-state index is 12.7. The van der Waals surface area contributed by atoms with Crippen LogP contribution in [0.4, 0.5) is 13.2 Å². The van der Waals surface area contributed by atoms with Crippen molar-refractivity contribution in [2.45, 2.75) is 31.5 Å². The van der Waals surface area contributed by atoms with Crippen LogP contribution in [-0.4, -0.2) is 58.8 Å². The third kappa shape index (κ3) is 5.76. The van der Waals surface area contributed by atoms with Crippen molar-refractivity contribution in [1.82, 2.24) is 19.9 Å². The molecule has 182 valence electrons. The number of fused-ring (bicyclic) bond motifs is 1. The molecule has 0 radical (unpaired) electrons. The number of hydrogen-bond donors (Lipinski definition) is 1. The second kappa shape index (κ2) is 8.78. The average molecular weight is 498 g/mol. The van der Waals surface area contributed by atoms with Gasteiger partial charge >= 0.3 is 6.18 Å². The van der Waals surface area contributed by atoms with Crippen molar-refractivity contribution in [2.75, 3.05) is 18.1 Å². The fraction of sp³-hybridized carbons (Fsp3) is 0.381. The number of pyridine rings is 2. The largest absolute Gasteiger partial charge is 0.478 e. The normalized spacial score (nSPS) is 17.3. The van der Waals surface area contributed by atoms with Crippen molar-refractivity contribution in [3.05, 3.63) is 48.4 Å². The van der Waals surface area contributed by atoms with Crippen molar-refractivity contribution < 1.29 is 35.9 Å². The van der Waals surface area contributed by atoms with Gasteiger partial charge in [-0.3, -0.25) is 4.79 Å². The Hall–Kier alpha value is -3.35. The lowest BCUT2D eigenvalue weighted by Crippen LogP contribution is -2.51. The zero-order valence-corrected chi connectivity index (χ0v) is 18.8. The summed E-state index contributed by atoms with van der Waals surface area (Å²) in [5.74, 6) is -0.486. The standard InChI is InChI=1S/C21H21F3N4O5S/c1-20(5-9-34(30,31)10-6-20)26-18(29)16-12-14-11-15(4-8-28(14)27-16)33-19-17(3-2-7-25-19)32-13-21(22,23)24/h2-4,7-8,11-12H,5-6,9-10,13H2,1H3,(H,26,29). The first kappa shape index (κ1) is 23.8. The Kier molecular flexibility index (Phi) is 6.14. The third-order valence-corrected chi connectivity index (χ3v) is 7.01. The summed E-state index contributed by atoms with van der Waals surface area (Å²) in [6.45, 7) is 0.312. The molecule has 4 heterocycles. The summed E-state index contributed by atoms with van der Waals surface area (Å²) in [5.41, 5.74) is -0.0373. The van der Waals surface area contributed by atoms with E-state index in [1.807, 2.05) is 0 Å². The minimum absolute atomic E-state index is 0.0117.